The molecule has 1 fully saturated rings. The number of methoxy groups -OCH3 is 1. The molecule has 250 valence electrons. The average molecular weight is 638 g/mol. The summed E-state index contributed by atoms with van der Waals surface area (Å²) < 4.78 is 46.9. The van der Waals surface area contributed by atoms with Crippen LogP contribution in [0.25, 0.3) is 5.57 Å². The number of amides is 1. The van der Waals surface area contributed by atoms with Gasteiger partial charge in [0.25, 0.3) is 5.92 Å². The summed E-state index contributed by atoms with van der Waals surface area (Å²) in [6.07, 6.45) is 9.85. The Morgan fingerprint density at radius 1 is 1.13 bits per heavy atom. The van der Waals surface area contributed by atoms with E-state index in [1.807, 2.05) is 17.0 Å². The fraction of sp³-hybridized carbons (Fsp3) is 0.541. The van der Waals surface area contributed by atoms with E-state index in [0.717, 1.165) is 36.3 Å². The van der Waals surface area contributed by atoms with E-state index in [0.29, 0.717) is 52.4 Å². The van der Waals surface area contributed by atoms with Crippen molar-refractivity contribution in [3.05, 3.63) is 76.4 Å². The molecule has 5 rings (SSSR count). The maximum atomic E-state index is 13.8. The number of carbonyl (C=O) groups excluding carboxylic acids is 1. The third-order valence-electron chi connectivity index (χ3n) is 9.64. The number of hydrogen-bond acceptors (Lipinski definition) is 6. The third kappa shape index (κ3) is 7.99. The molecule has 1 heterocycles. The number of nitrogens with one attached hydrogen (secondary N) is 2. The first-order chi connectivity index (χ1) is 22.1. The highest BCUT2D eigenvalue weighted by atomic mass is 19.3. The Hall–Kier alpha value is -3.27. The second-order valence-electron chi connectivity index (χ2n) is 12.9. The number of fused-ring (bicyclic) bond motifs is 1. The van der Waals surface area contributed by atoms with Gasteiger partial charge in [0.2, 0.25) is 5.91 Å². The maximum absolute atomic E-state index is 13.8. The molecule has 2 aromatic carbocycles. The molecular weight excluding hydrogens is 588 g/mol. The maximum Gasteiger partial charge on any atom is 0.261 e. The Labute approximate surface area is 272 Å². The van der Waals surface area contributed by atoms with Crippen LogP contribution in [0.15, 0.2) is 48.6 Å². The Morgan fingerprint density at radius 3 is 2.67 bits per heavy atom. The predicted molar refractivity (Wildman–Crippen MR) is 178 cm³/mol. The van der Waals surface area contributed by atoms with Crippen molar-refractivity contribution in [1.82, 2.24) is 15.5 Å². The van der Waals surface area contributed by atoms with Crippen LogP contribution in [0.1, 0.15) is 60.9 Å². The number of carbonyl (C=O) groups is 1. The van der Waals surface area contributed by atoms with E-state index in [2.05, 4.69) is 60.9 Å². The lowest BCUT2D eigenvalue weighted by Crippen LogP contribution is -2.45. The number of nitrogens with zero attached hydrogens (tertiary/aromatic N) is 1. The smallest absolute Gasteiger partial charge is 0.261 e. The van der Waals surface area contributed by atoms with Crippen molar-refractivity contribution in [1.29, 1.82) is 0 Å². The molecule has 1 saturated heterocycles. The summed E-state index contributed by atoms with van der Waals surface area (Å²) in [6, 6.07) is 10.4. The molecule has 2 aliphatic carbocycles. The van der Waals surface area contributed by atoms with Gasteiger partial charge in [-0.2, -0.15) is 0 Å². The molecule has 0 radical (unpaired) electrons. The number of halogens is 2. The van der Waals surface area contributed by atoms with Crippen LogP contribution < -0.4 is 20.1 Å². The van der Waals surface area contributed by atoms with Gasteiger partial charge < -0.3 is 24.8 Å². The Balaban J connectivity index is 1.34. The first-order valence-corrected chi connectivity index (χ1v) is 16.6. The van der Waals surface area contributed by atoms with Crippen molar-refractivity contribution in [2.24, 2.45) is 5.92 Å². The normalized spacial score (nSPS) is 22.0. The monoisotopic (exact) mass is 637 g/mol. The molecule has 0 bridgehead atoms. The van der Waals surface area contributed by atoms with Crippen LogP contribution >= 0.6 is 0 Å². The molecule has 0 spiro atoms. The van der Waals surface area contributed by atoms with Gasteiger partial charge in [-0.15, -0.1) is 0 Å². The molecule has 0 saturated carbocycles. The summed E-state index contributed by atoms with van der Waals surface area (Å²) in [7, 11) is 1.69. The van der Waals surface area contributed by atoms with Crippen LogP contribution in [-0.2, 0) is 28.9 Å². The Bertz CT molecular complexity index is 1440. The van der Waals surface area contributed by atoms with Gasteiger partial charge in [-0.25, -0.2) is 8.78 Å². The van der Waals surface area contributed by atoms with E-state index in [1.54, 1.807) is 7.11 Å². The number of allylic oxidation sites excluding steroid dienone is 2. The summed E-state index contributed by atoms with van der Waals surface area (Å²) in [6.45, 7) is 9.27. The highest BCUT2D eigenvalue weighted by molar-refractivity contribution is 5.74. The molecule has 2 aromatic rings. The molecule has 2 N–H and O–H groups in total. The minimum Gasteiger partial charge on any atom is -0.496 e. The highest BCUT2D eigenvalue weighted by Gasteiger charge is 2.41. The van der Waals surface area contributed by atoms with Crippen LogP contribution in [0.4, 0.5) is 8.78 Å². The van der Waals surface area contributed by atoms with Gasteiger partial charge in [-0.05, 0) is 66.5 Å². The Kier molecular flexibility index (Phi) is 11.2. The standard InChI is InChI=1S/C37H49F2N3O4/c1-26-10-5-6-11-29(26)30-14-8-15-36(27(30)2,46-21-9-19-42-20-16-37(38,39)24-42)25-45-35-22-34(44-4)33(31-12-7-13-32(31)35)23-40-17-18-41-28(3)43/h5-6,8,10-11,14-15,22,27,40H,7,9,12-13,16-21,23-25H2,1-4H3,(H,41,43). The van der Waals surface area contributed by atoms with Gasteiger partial charge in [0.05, 0.1) is 13.7 Å². The number of aryl methyl sites for hydroxylation is 1. The van der Waals surface area contributed by atoms with Crippen LogP contribution in [-0.4, -0.2) is 75.4 Å². The van der Waals surface area contributed by atoms with Crippen LogP contribution in [0.5, 0.6) is 11.5 Å². The van der Waals surface area contributed by atoms with Crippen molar-refractivity contribution in [3.63, 3.8) is 0 Å². The predicted octanol–water partition coefficient (Wildman–Crippen LogP) is 5.87. The minimum absolute atomic E-state index is 0.0169. The van der Waals surface area contributed by atoms with Crippen molar-refractivity contribution in [3.8, 4) is 11.5 Å². The molecule has 3 aliphatic rings. The van der Waals surface area contributed by atoms with E-state index in [9.17, 15) is 13.6 Å². The molecule has 7 nitrogen and oxygen atoms in total. The molecular formula is C37H49F2N3O4. The van der Waals surface area contributed by atoms with Gasteiger partial charge in [-0.1, -0.05) is 43.3 Å². The zero-order valence-corrected chi connectivity index (χ0v) is 27.7. The first-order valence-electron chi connectivity index (χ1n) is 16.6. The quantitative estimate of drug-likeness (QED) is 0.238. The topological polar surface area (TPSA) is 72.1 Å². The number of benzene rings is 2. The average Bonchev–Trinajstić information content (AvgIpc) is 3.66. The van der Waals surface area contributed by atoms with Crippen LogP contribution in [0.2, 0.25) is 0 Å². The number of alkyl halides is 2. The largest absolute Gasteiger partial charge is 0.496 e. The van der Waals surface area contributed by atoms with Gasteiger partial charge in [0.15, 0.2) is 0 Å². The fourth-order valence-corrected chi connectivity index (χ4v) is 7.05. The minimum atomic E-state index is -2.59. The van der Waals surface area contributed by atoms with Crippen molar-refractivity contribution < 1.29 is 27.8 Å². The first kappa shape index (κ1) is 34.1. The molecule has 2 atom stereocenters. The summed E-state index contributed by atoms with van der Waals surface area (Å²) in [5.41, 5.74) is 6.45. The molecule has 1 aliphatic heterocycles. The van der Waals surface area contributed by atoms with Crippen molar-refractivity contribution in [2.75, 3.05) is 53.0 Å². The van der Waals surface area contributed by atoms with E-state index in [4.69, 9.17) is 14.2 Å². The molecule has 9 heteroatoms. The highest BCUT2D eigenvalue weighted by Crippen LogP contribution is 2.43. The van der Waals surface area contributed by atoms with E-state index < -0.39 is 11.5 Å². The number of hydrogen-bond donors (Lipinski definition) is 2. The van der Waals surface area contributed by atoms with Gasteiger partial charge in [0.1, 0.15) is 23.7 Å². The number of likely N-dealkylation sites (tertiary alicyclic amines) is 1. The SMILES string of the molecule is COc1cc(OCC2(OCCCN3CCC(F)(F)C3)C=CC=C(c3ccccc3C)C2C)c2c(c1CNCCNC(C)=O)CCC2. The molecule has 2 unspecified atom stereocenters. The summed E-state index contributed by atoms with van der Waals surface area (Å²) in [5, 5.41) is 6.26. The summed E-state index contributed by atoms with van der Waals surface area (Å²) in [5.74, 6) is -1.04. The van der Waals surface area contributed by atoms with E-state index in [-0.39, 0.29) is 24.8 Å². The number of ether oxygens (including phenoxy) is 3. The van der Waals surface area contributed by atoms with Crippen molar-refractivity contribution in [2.45, 2.75) is 70.9 Å². The van der Waals surface area contributed by atoms with Gasteiger partial charge in [-0.3, -0.25) is 9.69 Å². The Morgan fingerprint density at radius 2 is 1.93 bits per heavy atom. The van der Waals surface area contributed by atoms with E-state index in [1.165, 1.54) is 34.8 Å². The summed E-state index contributed by atoms with van der Waals surface area (Å²) >= 11 is 0. The fourth-order valence-electron chi connectivity index (χ4n) is 7.05. The second-order valence-corrected chi connectivity index (χ2v) is 12.9. The number of rotatable bonds is 15. The molecule has 1 amide bonds. The zero-order chi connectivity index (χ0) is 32.7. The second kappa shape index (κ2) is 15.1. The summed E-state index contributed by atoms with van der Waals surface area (Å²) in [4.78, 5) is 13.1. The lowest BCUT2D eigenvalue weighted by atomic mass is 9.76. The molecule has 46 heavy (non-hydrogen) atoms. The molecule has 0 aromatic heterocycles. The zero-order valence-electron chi connectivity index (χ0n) is 27.7. The van der Waals surface area contributed by atoms with Gasteiger partial charge >= 0.3 is 0 Å². The van der Waals surface area contributed by atoms with Crippen LogP contribution in [0, 0.1) is 12.8 Å². The lowest BCUT2D eigenvalue weighted by molar-refractivity contribution is -0.118. The van der Waals surface area contributed by atoms with Gasteiger partial charge in [0, 0.05) is 70.2 Å². The van der Waals surface area contributed by atoms with Crippen LogP contribution in [0.3, 0.4) is 0 Å². The van der Waals surface area contributed by atoms with Crippen molar-refractivity contribution >= 4 is 11.5 Å². The van der Waals surface area contributed by atoms with E-state index >= 15 is 0 Å². The lowest BCUT2D eigenvalue weighted by Gasteiger charge is -2.40. The third-order valence-corrected chi connectivity index (χ3v) is 9.64.